The second-order valence-electron chi connectivity index (χ2n) is 7.12. The molecule has 1 aliphatic heterocycles. The van der Waals surface area contributed by atoms with Crippen LogP contribution in [0.25, 0.3) is 10.6 Å². The molecule has 8 heteroatoms. The number of nitrogens with one attached hydrogen (secondary N) is 1. The molecule has 4 rings (SSSR count). The van der Waals surface area contributed by atoms with E-state index in [1.807, 2.05) is 36.7 Å². The highest BCUT2D eigenvalue weighted by Gasteiger charge is 2.22. The van der Waals surface area contributed by atoms with Crippen molar-refractivity contribution in [1.29, 1.82) is 0 Å². The van der Waals surface area contributed by atoms with Crippen LogP contribution in [0.4, 0.5) is 5.82 Å². The molecule has 154 valence electrons. The van der Waals surface area contributed by atoms with E-state index in [9.17, 15) is 9.59 Å². The summed E-state index contributed by atoms with van der Waals surface area (Å²) in [6.07, 6.45) is 1.85. The molecule has 0 bridgehead atoms. The van der Waals surface area contributed by atoms with Crippen molar-refractivity contribution in [2.75, 3.05) is 37.6 Å². The maximum atomic E-state index is 12.5. The van der Waals surface area contributed by atoms with Gasteiger partial charge in [-0.05, 0) is 31.2 Å². The van der Waals surface area contributed by atoms with E-state index >= 15 is 0 Å². The average molecular weight is 422 g/mol. The first-order chi connectivity index (χ1) is 14.6. The molecule has 0 atom stereocenters. The molecule has 2 aromatic heterocycles. The average Bonchev–Trinajstić information content (AvgIpc) is 3.24. The van der Waals surface area contributed by atoms with E-state index in [2.05, 4.69) is 20.2 Å². The molecule has 0 aliphatic carbocycles. The zero-order valence-corrected chi connectivity index (χ0v) is 17.6. The second-order valence-corrected chi connectivity index (χ2v) is 7.97. The van der Waals surface area contributed by atoms with Gasteiger partial charge in [0, 0.05) is 54.6 Å². The van der Waals surface area contributed by atoms with Gasteiger partial charge >= 0.3 is 0 Å². The zero-order valence-electron chi connectivity index (χ0n) is 16.7. The van der Waals surface area contributed by atoms with Crippen LogP contribution >= 0.6 is 11.3 Å². The van der Waals surface area contributed by atoms with Gasteiger partial charge in [0.05, 0.1) is 6.54 Å². The molecule has 0 unspecified atom stereocenters. The van der Waals surface area contributed by atoms with Crippen LogP contribution in [-0.4, -0.2) is 59.4 Å². The lowest BCUT2D eigenvalue weighted by molar-refractivity contribution is -0.130. The van der Waals surface area contributed by atoms with Crippen molar-refractivity contribution >= 4 is 29.0 Å². The number of aromatic nitrogens is 2. The fourth-order valence-electron chi connectivity index (χ4n) is 3.33. The Morgan fingerprint density at radius 3 is 2.47 bits per heavy atom. The van der Waals surface area contributed by atoms with Crippen LogP contribution < -0.4 is 10.2 Å². The zero-order chi connectivity index (χ0) is 20.9. The van der Waals surface area contributed by atoms with Gasteiger partial charge in [-0.15, -0.1) is 11.3 Å². The van der Waals surface area contributed by atoms with E-state index in [-0.39, 0.29) is 18.4 Å². The Bertz CT molecular complexity index is 1010. The third-order valence-corrected chi connectivity index (χ3v) is 6.02. The molecular formula is C22H23N5O2S. The summed E-state index contributed by atoms with van der Waals surface area (Å²) in [5.74, 6) is 0.597. The minimum Gasteiger partial charge on any atom is -0.353 e. The van der Waals surface area contributed by atoms with Gasteiger partial charge in [-0.25, -0.2) is 9.97 Å². The van der Waals surface area contributed by atoms with Gasteiger partial charge in [-0.2, -0.15) is 0 Å². The summed E-state index contributed by atoms with van der Waals surface area (Å²) < 4.78 is 0. The van der Waals surface area contributed by atoms with Crippen LogP contribution in [-0.2, 0) is 4.79 Å². The monoisotopic (exact) mass is 421 g/mol. The number of nitrogens with zero attached hydrogens (tertiary/aromatic N) is 4. The Labute approximate surface area is 179 Å². The van der Waals surface area contributed by atoms with Crippen LogP contribution in [0.2, 0.25) is 0 Å². The largest absolute Gasteiger partial charge is 0.353 e. The number of carbonyl (C=O) groups excluding carboxylic acids is 2. The fraction of sp³-hybridized carbons (Fsp3) is 0.273. The number of benzene rings is 1. The van der Waals surface area contributed by atoms with E-state index < -0.39 is 0 Å². The topological polar surface area (TPSA) is 78.4 Å². The Morgan fingerprint density at radius 1 is 1.07 bits per heavy atom. The summed E-state index contributed by atoms with van der Waals surface area (Å²) in [5.41, 5.74) is 2.58. The molecule has 0 radical (unpaired) electrons. The smallest absolute Gasteiger partial charge is 0.251 e. The molecule has 1 fully saturated rings. The Balaban J connectivity index is 1.27. The highest BCUT2D eigenvalue weighted by atomic mass is 32.1. The molecule has 0 spiro atoms. The van der Waals surface area contributed by atoms with Crippen LogP contribution in [0.5, 0.6) is 0 Å². The number of pyridine rings is 1. The van der Waals surface area contributed by atoms with Gasteiger partial charge < -0.3 is 15.1 Å². The molecule has 30 heavy (non-hydrogen) atoms. The number of amides is 2. The third-order valence-electron chi connectivity index (χ3n) is 5.01. The Kier molecular flexibility index (Phi) is 6.04. The number of carbonyl (C=O) groups is 2. The van der Waals surface area contributed by atoms with Crippen molar-refractivity contribution in [2.45, 2.75) is 6.92 Å². The maximum Gasteiger partial charge on any atom is 0.251 e. The first kappa shape index (κ1) is 20.0. The van der Waals surface area contributed by atoms with Gasteiger partial charge in [-0.3, -0.25) is 9.59 Å². The standard InChI is InChI=1S/C22H23N5O2S/c1-16-15-30-22(25-16)18-7-8-19(23-13-18)26-9-11-27(12-10-26)20(28)14-24-21(29)17-5-3-2-4-6-17/h2-8,13,15H,9-12,14H2,1H3,(H,24,29). The van der Waals surface area contributed by atoms with Crippen molar-refractivity contribution in [3.05, 3.63) is 65.3 Å². The van der Waals surface area contributed by atoms with Crippen molar-refractivity contribution < 1.29 is 9.59 Å². The predicted octanol–water partition coefficient (Wildman–Crippen LogP) is 2.59. The van der Waals surface area contributed by atoms with Crippen molar-refractivity contribution in [2.24, 2.45) is 0 Å². The molecule has 0 saturated carbocycles. The quantitative estimate of drug-likeness (QED) is 0.685. The number of thiazole rings is 1. The van der Waals surface area contributed by atoms with E-state index in [0.717, 1.165) is 22.1 Å². The van der Waals surface area contributed by atoms with E-state index in [0.29, 0.717) is 31.7 Å². The molecular weight excluding hydrogens is 398 g/mol. The molecule has 7 nitrogen and oxygen atoms in total. The fourth-order valence-corrected chi connectivity index (χ4v) is 4.12. The number of hydrogen-bond acceptors (Lipinski definition) is 6. The third kappa shape index (κ3) is 4.65. The summed E-state index contributed by atoms with van der Waals surface area (Å²) in [4.78, 5) is 37.6. The summed E-state index contributed by atoms with van der Waals surface area (Å²) in [6, 6.07) is 13.0. The van der Waals surface area contributed by atoms with Crippen molar-refractivity contribution in [3.8, 4) is 10.6 Å². The lowest BCUT2D eigenvalue weighted by Gasteiger charge is -2.35. The van der Waals surface area contributed by atoms with Crippen LogP contribution in [0.3, 0.4) is 0 Å². The van der Waals surface area contributed by atoms with Gasteiger partial charge in [0.15, 0.2) is 0 Å². The molecule has 1 saturated heterocycles. The maximum absolute atomic E-state index is 12.5. The van der Waals surface area contributed by atoms with Crippen LogP contribution in [0.15, 0.2) is 54.0 Å². The van der Waals surface area contributed by atoms with E-state index in [1.165, 1.54) is 0 Å². The molecule has 3 aromatic rings. The lowest BCUT2D eigenvalue weighted by atomic mass is 10.2. The Morgan fingerprint density at radius 2 is 1.83 bits per heavy atom. The summed E-state index contributed by atoms with van der Waals surface area (Å²) in [7, 11) is 0. The van der Waals surface area contributed by atoms with Crippen LogP contribution in [0.1, 0.15) is 16.1 Å². The van der Waals surface area contributed by atoms with Crippen molar-refractivity contribution in [1.82, 2.24) is 20.2 Å². The molecule has 1 aromatic carbocycles. The minimum atomic E-state index is -0.234. The normalized spacial score (nSPS) is 13.9. The highest BCUT2D eigenvalue weighted by Crippen LogP contribution is 2.24. The SMILES string of the molecule is Cc1csc(-c2ccc(N3CCN(C(=O)CNC(=O)c4ccccc4)CC3)nc2)n1. The first-order valence-corrected chi connectivity index (χ1v) is 10.7. The predicted molar refractivity (Wildman–Crippen MR) is 118 cm³/mol. The van der Waals surface area contributed by atoms with Crippen LogP contribution in [0, 0.1) is 6.92 Å². The lowest BCUT2D eigenvalue weighted by Crippen LogP contribution is -2.51. The number of aryl methyl sites for hydroxylation is 1. The van der Waals surface area contributed by atoms with E-state index in [4.69, 9.17) is 0 Å². The highest BCUT2D eigenvalue weighted by molar-refractivity contribution is 7.13. The first-order valence-electron chi connectivity index (χ1n) is 9.85. The number of rotatable bonds is 5. The molecule has 2 amide bonds. The second kappa shape index (κ2) is 9.04. The Hall–Kier alpha value is -3.26. The molecule has 1 N–H and O–H groups in total. The number of piperazine rings is 1. The number of anilines is 1. The minimum absolute atomic E-state index is 0.00784. The molecule has 1 aliphatic rings. The van der Waals surface area contributed by atoms with Gasteiger partial charge in [0.25, 0.3) is 5.91 Å². The molecule has 3 heterocycles. The summed E-state index contributed by atoms with van der Waals surface area (Å²) in [6.45, 7) is 4.62. The summed E-state index contributed by atoms with van der Waals surface area (Å²) >= 11 is 1.61. The summed E-state index contributed by atoms with van der Waals surface area (Å²) in [5, 5.41) is 5.70. The van der Waals surface area contributed by atoms with E-state index in [1.54, 1.807) is 40.5 Å². The van der Waals surface area contributed by atoms with Crippen molar-refractivity contribution in [3.63, 3.8) is 0 Å². The van der Waals surface area contributed by atoms with Gasteiger partial charge in [0.2, 0.25) is 5.91 Å². The van der Waals surface area contributed by atoms with Gasteiger partial charge in [-0.1, -0.05) is 18.2 Å². The number of hydrogen-bond donors (Lipinski definition) is 1. The van der Waals surface area contributed by atoms with Gasteiger partial charge in [0.1, 0.15) is 10.8 Å².